The maximum absolute atomic E-state index is 12.5. The molecule has 2 aromatic heterocycles. The summed E-state index contributed by atoms with van der Waals surface area (Å²) in [7, 11) is 0. The quantitative estimate of drug-likeness (QED) is 0.605. The number of nitrogens with zero attached hydrogens (tertiary/aromatic N) is 4. The average molecular weight is 462 g/mol. The minimum Gasteiger partial charge on any atom is -0.412 e. The molecule has 0 bridgehead atoms. The van der Waals surface area contributed by atoms with E-state index in [-0.39, 0.29) is 31.0 Å². The smallest absolute Gasteiger partial charge is 0.222 e. The van der Waals surface area contributed by atoms with Crippen LogP contribution in [0.1, 0.15) is 45.7 Å². The van der Waals surface area contributed by atoms with Crippen LogP contribution in [0.3, 0.4) is 0 Å². The number of fused-ring (bicyclic) bond motifs is 3. The Morgan fingerprint density at radius 3 is 2.61 bits per heavy atom. The number of halogens is 1. The van der Waals surface area contributed by atoms with E-state index in [9.17, 15) is 4.79 Å². The largest absolute Gasteiger partial charge is 0.412 e. The van der Waals surface area contributed by atoms with E-state index < -0.39 is 6.04 Å². The van der Waals surface area contributed by atoms with Crippen molar-refractivity contribution in [1.29, 1.82) is 0 Å². The number of carbonyl (C=O) groups is 1. The van der Waals surface area contributed by atoms with Crippen molar-refractivity contribution < 1.29 is 15.4 Å². The summed E-state index contributed by atoms with van der Waals surface area (Å²) in [5.41, 5.74) is 3.92. The number of thiophene rings is 1. The summed E-state index contributed by atoms with van der Waals surface area (Å²) < 4.78 is 2.01. The van der Waals surface area contributed by atoms with Crippen LogP contribution in [-0.2, 0) is 4.79 Å². The maximum Gasteiger partial charge on any atom is 0.222 e. The molecule has 0 saturated heterocycles. The highest BCUT2D eigenvalue weighted by molar-refractivity contribution is 7.15. The van der Waals surface area contributed by atoms with Crippen molar-refractivity contribution in [3.05, 3.63) is 62.5 Å². The third-order valence-electron chi connectivity index (χ3n) is 5.17. The van der Waals surface area contributed by atoms with E-state index in [1.54, 1.807) is 11.3 Å². The van der Waals surface area contributed by atoms with Crippen LogP contribution in [0.4, 0.5) is 0 Å². The lowest BCUT2D eigenvalue weighted by Crippen LogP contribution is -2.28. The SMILES string of the molecule is Cc1sc2c(c1C)C(c1ccc(Cl)cc1)=N[C@@H](CC(=O)NCCO)c1nnc(C)n1-2.O. The van der Waals surface area contributed by atoms with Gasteiger partial charge in [0.05, 0.1) is 18.7 Å². The zero-order valence-electron chi connectivity index (χ0n) is 17.4. The number of carbonyl (C=O) groups excluding carboxylic acids is 1. The van der Waals surface area contributed by atoms with Crippen LogP contribution in [0.5, 0.6) is 0 Å². The molecule has 164 valence electrons. The molecule has 4 N–H and O–H groups in total. The van der Waals surface area contributed by atoms with Gasteiger partial charge >= 0.3 is 0 Å². The molecule has 1 amide bonds. The highest BCUT2D eigenvalue weighted by Gasteiger charge is 2.32. The van der Waals surface area contributed by atoms with Crippen LogP contribution in [0.2, 0.25) is 5.02 Å². The van der Waals surface area contributed by atoms with Gasteiger partial charge in [-0.05, 0) is 38.5 Å². The lowest BCUT2D eigenvalue weighted by Gasteiger charge is -2.12. The number of nitrogens with one attached hydrogen (secondary N) is 1. The third-order valence-corrected chi connectivity index (χ3v) is 6.61. The molecule has 0 spiro atoms. The van der Waals surface area contributed by atoms with Crippen molar-refractivity contribution in [2.24, 2.45) is 4.99 Å². The second kappa shape index (κ2) is 9.27. The molecule has 8 nitrogen and oxygen atoms in total. The molecule has 0 unspecified atom stereocenters. The molecule has 4 rings (SSSR count). The van der Waals surface area contributed by atoms with Crippen LogP contribution in [0.25, 0.3) is 5.00 Å². The lowest BCUT2D eigenvalue weighted by molar-refractivity contribution is -0.121. The Labute approximate surface area is 188 Å². The van der Waals surface area contributed by atoms with Crippen molar-refractivity contribution >= 4 is 34.6 Å². The van der Waals surface area contributed by atoms with Gasteiger partial charge in [0, 0.05) is 27.6 Å². The normalized spacial score (nSPS) is 14.7. The summed E-state index contributed by atoms with van der Waals surface area (Å²) in [6, 6.07) is 7.06. The Balaban J connectivity index is 0.00000272. The number of aliphatic hydroxyl groups is 1. The minimum absolute atomic E-state index is 0. The van der Waals surface area contributed by atoms with Crippen LogP contribution in [0.15, 0.2) is 29.3 Å². The number of benzene rings is 1. The van der Waals surface area contributed by atoms with Gasteiger partial charge in [-0.15, -0.1) is 21.5 Å². The van der Waals surface area contributed by atoms with Gasteiger partial charge in [0.25, 0.3) is 0 Å². The third kappa shape index (κ3) is 4.27. The molecule has 0 aliphatic carbocycles. The molecular weight excluding hydrogens is 438 g/mol. The van der Waals surface area contributed by atoms with Gasteiger partial charge in [-0.1, -0.05) is 23.7 Å². The zero-order valence-corrected chi connectivity index (χ0v) is 19.0. The number of hydrogen-bond donors (Lipinski definition) is 2. The van der Waals surface area contributed by atoms with E-state index >= 15 is 0 Å². The molecule has 1 aliphatic heterocycles. The highest BCUT2D eigenvalue weighted by atomic mass is 35.5. The van der Waals surface area contributed by atoms with E-state index in [2.05, 4.69) is 29.4 Å². The second-order valence-corrected chi connectivity index (χ2v) is 8.82. The molecule has 1 aliphatic rings. The van der Waals surface area contributed by atoms with Crippen LogP contribution in [0, 0.1) is 20.8 Å². The monoisotopic (exact) mass is 461 g/mol. The number of aryl methyl sites for hydroxylation is 2. The number of aliphatic hydroxyl groups excluding tert-OH is 1. The first-order valence-corrected chi connectivity index (χ1v) is 10.8. The number of rotatable bonds is 5. The molecule has 0 fully saturated rings. The number of hydrogen-bond acceptors (Lipinski definition) is 6. The fraction of sp³-hybridized carbons (Fsp3) is 0.333. The van der Waals surface area contributed by atoms with Gasteiger partial charge in [0.1, 0.15) is 16.9 Å². The van der Waals surface area contributed by atoms with Gasteiger partial charge in [0.15, 0.2) is 5.82 Å². The molecular formula is C21H24ClN5O3S. The standard InChI is InChI=1S/C21H22ClN5O2S.H2O/c1-11-12(2)30-21-18(11)19(14-4-6-15(22)7-5-14)24-16(10-17(29)23-8-9-28)20-26-25-13(3)27(20)21;/h4-7,16,28H,8-10H2,1-3H3,(H,23,29);1H2/t16-;/m0./s1. The number of aromatic nitrogens is 3. The number of aliphatic imine (C=N–C) groups is 1. The summed E-state index contributed by atoms with van der Waals surface area (Å²) in [5, 5.41) is 22.0. The fourth-order valence-corrected chi connectivity index (χ4v) is 4.92. The molecule has 0 radical (unpaired) electrons. The van der Waals surface area contributed by atoms with Crippen LogP contribution < -0.4 is 5.32 Å². The van der Waals surface area contributed by atoms with Crippen molar-refractivity contribution in [2.45, 2.75) is 33.2 Å². The Morgan fingerprint density at radius 1 is 1.23 bits per heavy atom. The predicted octanol–water partition coefficient (Wildman–Crippen LogP) is 2.47. The van der Waals surface area contributed by atoms with Crippen molar-refractivity contribution in [3.63, 3.8) is 0 Å². The van der Waals surface area contributed by atoms with Gasteiger partial charge < -0.3 is 15.9 Å². The minimum atomic E-state index is -0.505. The van der Waals surface area contributed by atoms with Crippen molar-refractivity contribution in [2.75, 3.05) is 13.2 Å². The Hall–Kier alpha value is -2.59. The van der Waals surface area contributed by atoms with E-state index in [1.807, 2.05) is 35.8 Å². The Kier molecular flexibility index (Phi) is 6.90. The molecule has 31 heavy (non-hydrogen) atoms. The number of amides is 1. The summed E-state index contributed by atoms with van der Waals surface area (Å²) in [6.45, 7) is 6.18. The van der Waals surface area contributed by atoms with Crippen molar-refractivity contribution in [3.8, 4) is 5.00 Å². The van der Waals surface area contributed by atoms with Gasteiger partial charge in [-0.2, -0.15) is 0 Å². The molecule has 3 aromatic rings. The fourth-order valence-electron chi connectivity index (χ4n) is 3.58. The predicted molar refractivity (Wildman–Crippen MR) is 122 cm³/mol. The first-order chi connectivity index (χ1) is 14.4. The molecule has 3 heterocycles. The summed E-state index contributed by atoms with van der Waals surface area (Å²) in [6.07, 6.45) is 0.113. The zero-order chi connectivity index (χ0) is 21.4. The van der Waals surface area contributed by atoms with E-state index in [4.69, 9.17) is 21.7 Å². The Morgan fingerprint density at radius 2 is 1.94 bits per heavy atom. The first kappa shape index (κ1) is 23.1. The average Bonchev–Trinajstić information content (AvgIpc) is 3.19. The van der Waals surface area contributed by atoms with E-state index in [0.717, 1.165) is 33.2 Å². The van der Waals surface area contributed by atoms with Crippen molar-refractivity contribution in [1.82, 2.24) is 20.1 Å². The summed E-state index contributed by atoms with van der Waals surface area (Å²) in [5.74, 6) is 1.19. The van der Waals surface area contributed by atoms with Gasteiger partial charge in [-0.3, -0.25) is 14.4 Å². The second-order valence-electron chi connectivity index (χ2n) is 7.18. The topological polar surface area (TPSA) is 124 Å². The lowest BCUT2D eigenvalue weighted by atomic mass is 9.99. The van der Waals surface area contributed by atoms with Gasteiger partial charge in [0.2, 0.25) is 5.91 Å². The van der Waals surface area contributed by atoms with E-state index in [0.29, 0.717) is 10.8 Å². The Bertz CT molecular complexity index is 1140. The van der Waals surface area contributed by atoms with E-state index in [1.165, 1.54) is 4.88 Å². The molecule has 1 atom stereocenters. The first-order valence-electron chi connectivity index (χ1n) is 9.64. The van der Waals surface area contributed by atoms with Crippen LogP contribution in [-0.4, -0.2) is 50.1 Å². The maximum atomic E-state index is 12.5. The highest BCUT2D eigenvalue weighted by Crippen LogP contribution is 2.39. The van der Waals surface area contributed by atoms with Crippen LogP contribution >= 0.6 is 22.9 Å². The van der Waals surface area contributed by atoms with Gasteiger partial charge in [-0.25, -0.2) is 0 Å². The summed E-state index contributed by atoms with van der Waals surface area (Å²) in [4.78, 5) is 18.7. The molecule has 10 heteroatoms. The molecule has 1 aromatic carbocycles. The molecule has 0 saturated carbocycles. The summed E-state index contributed by atoms with van der Waals surface area (Å²) >= 11 is 7.78.